The van der Waals surface area contributed by atoms with Gasteiger partial charge in [-0.1, -0.05) is 0 Å². The molecule has 0 saturated carbocycles. The van der Waals surface area contributed by atoms with Gasteiger partial charge in [-0.05, 0) is 52.7 Å². The smallest absolute Gasteiger partial charge is 0.437 e. The van der Waals surface area contributed by atoms with Crippen LogP contribution in [-0.2, 0) is 0 Å². The highest BCUT2D eigenvalue weighted by Gasteiger charge is 2.32. The summed E-state index contributed by atoms with van der Waals surface area (Å²) in [6, 6.07) is 5.52. The number of nitrogens with zero attached hydrogens (tertiary/aromatic N) is 1. The quantitative estimate of drug-likeness (QED) is 0.877. The zero-order chi connectivity index (χ0) is 15.6. The van der Waals surface area contributed by atoms with Crippen LogP contribution >= 0.6 is 15.9 Å². The van der Waals surface area contributed by atoms with E-state index in [0.717, 1.165) is 11.6 Å². The fourth-order valence-electron chi connectivity index (χ4n) is 1.49. The summed E-state index contributed by atoms with van der Waals surface area (Å²) in [6.45, 7) is 1.79. The van der Waals surface area contributed by atoms with Gasteiger partial charge >= 0.3 is 6.36 Å². The maximum Gasteiger partial charge on any atom is 0.573 e. The number of nitrogens with two attached hydrogens (primary N) is 1. The summed E-state index contributed by atoms with van der Waals surface area (Å²) in [7, 11) is 0. The van der Waals surface area contributed by atoms with Crippen LogP contribution in [0.1, 0.15) is 5.56 Å². The molecule has 21 heavy (non-hydrogen) atoms. The van der Waals surface area contributed by atoms with E-state index in [1.165, 1.54) is 18.3 Å². The van der Waals surface area contributed by atoms with Crippen LogP contribution in [0.3, 0.4) is 0 Å². The maximum atomic E-state index is 12.2. The van der Waals surface area contributed by atoms with Gasteiger partial charge in [0.2, 0.25) is 5.88 Å². The molecule has 0 atom stereocenters. The largest absolute Gasteiger partial charge is 0.573 e. The molecule has 2 aromatic rings. The second-order valence-electron chi connectivity index (χ2n) is 4.09. The van der Waals surface area contributed by atoms with Crippen LogP contribution in [0.25, 0.3) is 0 Å². The van der Waals surface area contributed by atoms with Gasteiger partial charge in [-0.15, -0.1) is 13.2 Å². The molecule has 0 bridgehead atoms. The highest BCUT2D eigenvalue weighted by atomic mass is 79.9. The van der Waals surface area contributed by atoms with Gasteiger partial charge in [-0.3, -0.25) is 0 Å². The molecule has 0 aliphatic heterocycles. The van der Waals surface area contributed by atoms with E-state index < -0.39 is 6.36 Å². The lowest BCUT2D eigenvalue weighted by Crippen LogP contribution is -2.17. The van der Waals surface area contributed by atoms with Crippen LogP contribution < -0.4 is 15.2 Å². The lowest BCUT2D eigenvalue weighted by atomic mass is 10.2. The molecular formula is C13H10BrF3N2O2. The highest BCUT2D eigenvalue weighted by molar-refractivity contribution is 9.10. The number of aromatic nitrogens is 1. The number of alkyl halides is 3. The zero-order valence-electron chi connectivity index (χ0n) is 10.7. The predicted octanol–water partition coefficient (Wildman–Crippen LogP) is 4.43. The summed E-state index contributed by atoms with van der Waals surface area (Å²) in [5.74, 6) is 0.104. The molecule has 1 aromatic carbocycles. The lowest BCUT2D eigenvalue weighted by molar-refractivity contribution is -0.274. The Hall–Kier alpha value is -1.96. The SMILES string of the molecule is Cc1ccnc(Oc2ccc(OC(F)(F)F)c(Br)c2)c1N. The Bertz CT molecular complexity index is 662. The fourth-order valence-corrected chi connectivity index (χ4v) is 1.93. The molecule has 112 valence electrons. The molecule has 0 fully saturated rings. The topological polar surface area (TPSA) is 57.4 Å². The second-order valence-corrected chi connectivity index (χ2v) is 4.94. The summed E-state index contributed by atoms with van der Waals surface area (Å²) >= 11 is 2.99. The minimum absolute atomic E-state index is 0.101. The second kappa shape index (κ2) is 5.80. The van der Waals surface area contributed by atoms with E-state index in [-0.39, 0.29) is 21.9 Å². The van der Waals surface area contributed by atoms with Crippen LogP contribution in [0, 0.1) is 6.92 Å². The molecule has 8 heteroatoms. The zero-order valence-corrected chi connectivity index (χ0v) is 12.3. The van der Waals surface area contributed by atoms with E-state index in [1.54, 1.807) is 13.0 Å². The van der Waals surface area contributed by atoms with E-state index in [9.17, 15) is 13.2 Å². The third-order valence-corrected chi connectivity index (χ3v) is 3.13. The number of anilines is 1. The molecule has 1 aromatic heterocycles. The number of aryl methyl sites for hydroxylation is 1. The van der Waals surface area contributed by atoms with Gasteiger partial charge in [0.1, 0.15) is 11.5 Å². The lowest BCUT2D eigenvalue weighted by Gasteiger charge is -2.12. The molecule has 2 N–H and O–H groups in total. The minimum Gasteiger partial charge on any atom is -0.437 e. The summed E-state index contributed by atoms with van der Waals surface area (Å²) in [5, 5.41) is 0. The summed E-state index contributed by atoms with van der Waals surface area (Å²) in [6.07, 6.45) is -3.23. The van der Waals surface area contributed by atoms with Crippen molar-refractivity contribution < 1.29 is 22.6 Å². The highest BCUT2D eigenvalue weighted by Crippen LogP contribution is 2.35. The van der Waals surface area contributed by atoms with Crippen LogP contribution in [0.4, 0.5) is 18.9 Å². The van der Waals surface area contributed by atoms with Gasteiger partial charge < -0.3 is 15.2 Å². The average Bonchev–Trinajstić information content (AvgIpc) is 2.37. The monoisotopic (exact) mass is 362 g/mol. The van der Waals surface area contributed by atoms with Crippen molar-refractivity contribution in [1.29, 1.82) is 0 Å². The minimum atomic E-state index is -4.76. The van der Waals surface area contributed by atoms with Crippen LogP contribution in [0.2, 0.25) is 0 Å². The molecule has 0 aliphatic rings. The van der Waals surface area contributed by atoms with Gasteiger partial charge in [0.05, 0.1) is 10.2 Å². The summed E-state index contributed by atoms with van der Waals surface area (Å²) < 4.78 is 45.9. The third kappa shape index (κ3) is 4.01. The number of pyridine rings is 1. The first-order chi connectivity index (χ1) is 9.76. The number of benzene rings is 1. The van der Waals surface area contributed by atoms with Crippen molar-refractivity contribution in [2.24, 2.45) is 0 Å². The Morgan fingerprint density at radius 3 is 2.57 bits per heavy atom. The molecule has 0 radical (unpaired) electrons. The van der Waals surface area contributed by atoms with E-state index in [4.69, 9.17) is 10.5 Å². The van der Waals surface area contributed by atoms with Crippen molar-refractivity contribution in [2.75, 3.05) is 5.73 Å². The Morgan fingerprint density at radius 1 is 1.24 bits per heavy atom. The maximum absolute atomic E-state index is 12.2. The van der Waals surface area contributed by atoms with Crippen molar-refractivity contribution in [3.05, 3.63) is 40.5 Å². The van der Waals surface area contributed by atoms with Gasteiger partial charge in [-0.25, -0.2) is 4.98 Å². The number of hydrogen-bond donors (Lipinski definition) is 1. The molecule has 0 unspecified atom stereocenters. The van der Waals surface area contributed by atoms with Crippen molar-refractivity contribution >= 4 is 21.6 Å². The van der Waals surface area contributed by atoms with E-state index >= 15 is 0 Å². The summed E-state index contributed by atoms with van der Waals surface area (Å²) in [4.78, 5) is 3.97. The Labute approximate surface area is 126 Å². The molecule has 2 rings (SSSR count). The molecule has 1 heterocycles. The normalized spacial score (nSPS) is 11.3. The molecule has 4 nitrogen and oxygen atoms in total. The molecule has 0 amide bonds. The first kappa shape index (κ1) is 15.4. The van der Waals surface area contributed by atoms with Crippen molar-refractivity contribution in [3.8, 4) is 17.4 Å². The standard InChI is InChI=1S/C13H10BrF3N2O2/c1-7-4-5-19-12(11(7)18)20-8-2-3-10(9(14)6-8)21-13(15,16)17/h2-6H,18H2,1H3. The van der Waals surface area contributed by atoms with E-state index in [0.29, 0.717) is 5.69 Å². The van der Waals surface area contributed by atoms with Crippen molar-refractivity contribution in [2.45, 2.75) is 13.3 Å². The molecule has 0 saturated heterocycles. The summed E-state index contributed by atoms with van der Waals surface area (Å²) in [5.41, 5.74) is 6.96. The van der Waals surface area contributed by atoms with E-state index in [1.807, 2.05) is 0 Å². The van der Waals surface area contributed by atoms with E-state index in [2.05, 4.69) is 25.7 Å². The van der Waals surface area contributed by atoms with Crippen LogP contribution in [-0.4, -0.2) is 11.3 Å². The number of ether oxygens (including phenoxy) is 2. The Balaban J connectivity index is 2.23. The average molecular weight is 363 g/mol. The first-order valence-corrected chi connectivity index (χ1v) is 6.50. The van der Waals surface area contributed by atoms with Crippen molar-refractivity contribution in [3.63, 3.8) is 0 Å². The van der Waals surface area contributed by atoms with Gasteiger partial charge in [0, 0.05) is 6.20 Å². The number of rotatable bonds is 3. The number of hydrogen-bond acceptors (Lipinski definition) is 4. The molecule has 0 spiro atoms. The van der Waals surface area contributed by atoms with Crippen molar-refractivity contribution in [1.82, 2.24) is 4.98 Å². The number of halogens is 4. The van der Waals surface area contributed by atoms with Crippen LogP contribution in [0.15, 0.2) is 34.9 Å². The molecular weight excluding hydrogens is 353 g/mol. The van der Waals surface area contributed by atoms with Gasteiger partial charge in [0.25, 0.3) is 0 Å². The Kier molecular flexibility index (Phi) is 4.26. The number of nitrogen functional groups attached to an aromatic ring is 1. The fraction of sp³-hybridized carbons (Fsp3) is 0.154. The molecule has 0 aliphatic carbocycles. The first-order valence-electron chi connectivity index (χ1n) is 5.70. The third-order valence-electron chi connectivity index (χ3n) is 2.52. The Morgan fingerprint density at radius 2 is 1.95 bits per heavy atom. The van der Waals surface area contributed by atoms with Crippen LogP contribution in [0.5, 0.6) is 17.4 Å². The van der Waals surface area contributed by atoms with Gasteiger partial charge in [0.15, 0.2) is 0 Å². The predicted molar refractivity (Wildman–Crippen MR) is 74.3 cm³/mol. The van der Waals surface area contributed by atoms with Gasteiger partial charge in [-0.2, -0.15) is 0 Å².